The molecule has 0 spiro atoms. The largest absolute Gasteiger partial charge is 0.376 e. The zero-order valence-corrected chi connectivity index (χ0v) is 13.1. The number of rotatable bonds is 6. The number of nitrogens with zero attached hydrogens (tertiary/aromatic N) is 2. The standard InChI is InChI=1S/C15H25N3O3/c1-4-18-14(8-12(17-18)7-11(2)3)15(19)16-9-13-10-20-5-6-21-13/h8,11,13H,4-7,9-10H2,1-3H3,(H,16,19)/t13-/m1/s1. The lowest BCUT2D eigenvalue weighted by Crippen LogP contribution is -2.40. The fraction of sp³-hybridized carbons (Fsp3) is 0.733. The quantitative estimate of drug-likeness (QED) is 0.858. The number of carbonyl (C=O) groups excluding carboxylic acids is 1. The molecule has 1 aliphatic rings. The second-order valence-corrected chi connectivity index (χ2v) is 5.71. The Bertz CT molecular complexity index is 465. The first-order valence-electron chi connectivity index (χ1n) is 7.64. The van der Waals surface area contributed by atoms with Crippen molar-refractivity contribution in [3.63, 3.8) is 0 Å². The van der Waals surface area contributed by atoms with Crippen molar-refractivity contribution in [2.24, 2.45) is 5.92 Å². The van der Waals surface area contributed by atoms with Crippen LogP contribution in [0.25, 0.3) is 0 Å². The van der Waals surface area contributed by atoms with Crippen molar-refractivity contribution in [2.75, 3.05) is 26.4 Å². The van der Waals surface area contributed by atoms with E-state index >= 15 is 0 Å². The molecule has 1 amide bonds. The van der Waals surface area contributed by atoms with Crippen LogP contribution >= 0.6 is 0 Å². The van der Waals surface area contributed by atoms with Crippen LogP contribution in [0.15, 0.2) is 6.07 Å². The van der Waals surface area contributed by atoms with Crippen LogP contribution < -0.4 is 5.32 Å². The molecule has 1 aromatic rings. The predicted molar refractivity (Wildman–Crippen MR) is 79.3 cm³/mol. The monoisotopic (exact) mass is 295 g/mol. The van der Waals surface area contributed by atoms with Crippen LogP contribution in [-0.2, 0) is 22.4 Å². The highest BCUT2D eigenvalue weighted by Gasteiger charge is 2.18. The number of hydrogen-bond acceptors (Lipinski definition) is 4. The van der Waals surface area contributed by atoms with Gasteiger partial charge in [-0.25, -0.2) is 0 Å². The number of ether oxygens (including phenoxy) is 2. The van der Waals surface area contributed by atoms with Gasteiger partial charge in [0.2, 0.25) is 0 Å². The number of aromatic nitrogens is 2. The molecule has 2 rings (SSSR count). The van der Waals surface area contributed by atoms with Crippen molar-refractivity contribution in [1.82, 2.24) is 15.1 Å². The van der Waals surface area contributed by atoms with Gasteiger partial charge < -0.3 is 14.8 Å². The summed E-state index contributed by atoms with van der Waals surface area (Å²) in [6.45, 7) is 9.18. The molecular formula is C15H25N3O3. The molecule has 1 atom stereocenters. The average molecular weight is 295 g/mol. The third-order valence-electron chi connectivity index (χ3n) is 3.36. The molecule has 0 unspecified atom stereocenters. The van der Waals surface area contributed by atoms with E-state index in [4.69, 9.17) is 9.47 Å². The number of hydrogen-bond donors (Lipinski definition) is 1. The molecule has 0 bridgehead atoms. The van der Waals surface area contributed by atoms with Crippen LogP contribution in [0.4, 0.5) is 0 Å². The van der Waals surface area contributed by atoms with Crippen molar-refractivity contribution >= 4 is 5.91 Å². The molecule has 118 valence electrons. The van der Waals surface area contributed by atoms with Gasteiger partial charge in [0, 0.05) is 13.1 Å². The van der Waals surface area contributed by atoms with E-state index in [1.165, 1.54) is 0 Å². The minimum Gasteiger partial charge on any atom is -0.376 e. The SMILES string of the molecule is CCn1nc(CC(C)C)cc1C(=O)NC[C@@H]1COCCO1. The summed E-state index contributed by atoms with van der Waals surface area (Å²) in [5.41, 5.74) is 1.58. The Morgan fingerprint density at radius 1 is 1.52 bits per heavy atom. The van der Waals surface area contributed by atoms with E-state index in [1.54, 1.807) is 4.68 Å². The molecular weight excluding hydrogens is 270 g/mol. The summed E-state index contributed by atoms with van der Waals surface area (Å²) in [4.78, 5) is 12.3. The molecule has 1 N–H and O–H groups in total. The second-order valence-electron chi connectivity index (χ2n) is 5.71. The maximum absolute atomic E-state index is 12.3. The Balaban J connectivity index is 1.95. The fourth-order valence-corrected chi connectivity index (χ4v) is 2.36. The fourth-order valence-electron chi connectivity index (χ4n) is 2.36. The molecule has 6 nitrogen and oxygen atoms in total. The summed E-state index contributed by atoms with van der Waals surface area (Å²) in [6.07, 6.45) is 0.822. The number of carbonyl (C=O) groups is 1. The first-order chi connectivity index (χ1) is 10.1. The summed E-state index contributed by atoms with van der Waals surface area (Å²) >= 11 is 0. The van der Waals surface area contributed by atoms with Gasteiger partial charge in [-0.05, 0) is 25.3 Å². The van der Waals surface area contributed by atoms with Gasteiger partial charge in [-0.15, -0.1) is 0 Å². The molecule has 1 aliphatic heterocycles. The van der Waals surface area contributed by atoms with Gasteiger partial charge >= 0.3 is 0 Å². The lowest BCUT2D eigenvalue weighted by atomic mass is 10.1. The molecule has 0 aromatic carbocycles. The van der Waals surface area contributed by atoms with Crippen molar-refractivity contribution in [2.45, 2.75) is 39.8 Å². The Hall–Kier alpha value is -1.40. The van der Waals surface area contributed by atoms with E-state index < -0.39 is 0 Å². The van der Waals surface area contributed by atoms with E-state index in [-0.39, 0.29) is 12.0 Å². The summed E-state index contributed by atoms with van der Waals surface area (Å²) in [6, 6.07) is 1.89. The minimum atomic E-state index is -0.103. The molecule has 0 saturated carbocycles. The number of aryl methyl sites for hydroxylation is 1. The van der Waals surface area contributed by atoms with Crippen LogP contribution in [0.1, 0.15) is 37.0 Å². The summed E-state index contributed by atoms with van der Waals surface area (Å²) in [7, 11) is 0. The molecule has 0 radical (unpaired) electrons. The van der Waals surface area contributed by atoms with Crippen LogP contribution in [-0.4, -0.2) is 48.2 Å². The molecule has 0 aliphatic carbocycles. The van der Waals surface area contributed by atoms with E-state index in [0.717, 1.165) is 12.1 Å². The highest BCUT2D eigenvalue weighted by atomic mass is 16.6. The zero-order chi connectivity index (χ0) is 15.2. The molecule has 2 heterocycles. The van der Waals surface area contributed by atoms with Crippen LogP contribution in [0.5, 0.6) is 0 Å². The van der Waals surface area contributed by atoms with Crippen LogP contribution in [0.3, 0.4) is 0 Å². The third-order valence-corrected chi connectivity index (χ3v) is 3.36. The summed E-state index contributed by atoms with van der Waals surface area (Å²) < 4.78 is 12.6. The topological polar surface area (TPSA) is 65.4 Å². The summed E-state index contributed by atoms with van der Waals surface area (Å²) in [5.74, 6) is 0.419. The Morgan fingerprint density at radius 2 is 2.33 bits per heavy atom. The average Bonchev–Trinajstić information content (AvgIpc) is 2.88. The van der Waals surface area contributed by atoms with Gasteiger partial charge in [0.15, 0.2) is 0 Å². The van der Waals surface area contributed by atoms with E-state index in [9.17, 15) is 4.79 Å². The molecule has 6 heteroatoms. The predicted octanol–water partition coefficient (Wildman–Crippen LogP) is 1.25. The van der Waals surface area contributed by atoms with Crippen LogP contribution in [0, 0.1) is 5.92 Å². The first-order valence-corrected chi connectivity index (χ1v) is 7.64. The minimum absolute atomic E-state index is 0.0594. The lowest BCUT2D eigenvalue weighted by molar-refractivity contribution is -0.0855. The second kappa shape index (κ2) is 7.56. The Kier molecular flexibility index (Phi) is 5.76. The Labute approximate surface area is 125 Å². The molecule has 21 heavy (non-hydrogen) atoms. The zero-order valence-electron chi connectivity index (χ0n) is 13.1. The van der Waals surface area contributed by atoms with Crippen molar-refractivity contribution in [3.8, 4) is 0 Å². The van der Waals surface area contributed by atoms with Gasteiger partial charge in [0.25, 0.3) is 5.91 Å². The normalized spacial score (nSPS) is 19.0. The molecule has 1 aromatic heterocycles. The first kappa shape index (κ1) is 16.0. The van der Waals surface area contributed by atoms with Crippen molar-refractivity contribution < 1.29 is 14.3 Å². The van der Waals surface area contributed by atoms with Gasteiger partial charge in [-0.2, -0.15) is 5.10 Å². The summed E-state index contributed by atoms with van der Waals surface area (Å²) in [5, 5.41) is 7.39. The Morgan fingerprint density at radius 3 is 2.95 bits per heavy atom. The van der Waals surface area contributed by atoms with E-state index in [1.807, 2.05) is 13.0 Å². The van der Waals surface area contributed by atoms with Gasteiger partial charge in [0.1, 0.15) is 5.69 Å². The van der Waals surface area contributed by atoms with Gasteiger partial charge in [-0.1, -0.05) is 13.8 Å². The van der Waals surface area contributed by atoms with Crippen LogP contribution in [0.2, 0.25) is 0 Å². The highest BCUT2D eigenvalue weighted by molar-refractivity contribution is 5.92. The maximum atomic E-state index is 12.3. The maximum Gasteiger partial charge on any atom is 0.269 e. The number of amides is 1. The van der Waals surface area contributed by atoms with Gasteiger partial charge in [-0.3, -0.25) is 9.48 Å². The van der Waals surface area contributed by atoms with E-state index in [2.05, 4.69) is 24.3 Å². The van der Waals surface area contributed by atoms with Crippen molar-refractivity contribution in [1.29, 1.82) is 0 Å². The molecule has 1 saturated heterocycles. The van der Waals surface area contributed by atoms with Crippen molar-refractivity contribution in [3.05, 3.63) is 17.5 Å². The smallest absolute Gasteiger partial charge is 0.269 e. The number of nitrogens with one attached hydrogen (secondary N) is 1. The lowest BCUT2D eigenvalue weighted by Gasteiger charge is -2.23. The molecule has 1 fully saturated rings. The van der Waals surface area contributed by atoms with Gasteiger partial charge in [0.05, 0.1) is 31.6 Å². The third kappa shape index (κ3) is 4.54. The van der Waals surface area contributed by atoms with E-state index in [0.29, 0.717) is 44.5 Å². The highest BCUT2D eigenvalue weighted by Crippen LogP contribution is 2.10.